The molecule has 2 aromatic heterocycles. The molecule has 1 aromatic carbocycles. The lowest BCUT2D eigenvalue weighted by molar-refractivity contribution is -0.0498. The van der Waals surface area contributed by atoms with Gasteiger partial charge in [-0.25, -0.2) is 9.67 Å². The lowest BCUT2D eigenvalue weighted by Crippen LogP contribution is -2.22. The third-order valence-electron chi connectivity index (χ3n) is 3.79. The van der Waals surface area contributed by atoms with Crippen LogP contribution in [0.25, 0.3) is 11.0 Å². The second-order valence-electron chi connectivity index (χ2n) is 6.02. The van der Waals surface area contributed by atoms with E-state index in [9.17, 15) is 13.6 Å². The van der Waals surface area contributed by atoms with Gasteiger partial charge in [-0.1, -0.05) is 12.1 Å². The van der Waals surface area contributed by atoms with Gasteiger partial charge in [0.1, 0.15) is 5.75 Å². The van der Waals surface area contributed by atoms with Crippen LogP contribution >= 0.6 is 0 Å². The molecule has 0 aliphatic carbocycles. The Morgan fingerprint density at radius 2 is 1.96 bits per heavy atom. The summed E-state index contributed by atoms with van der Waals surface area (Å²) in [6.45, 7) is 1.42. The highest BCUT2D eigenvalue weighted by atomic mass is 19.3. The number of amides is 1. The highest BCUT2D eigenvalue weighted by Crippen LogP contribution is 2.17. The molecule has 0 radical (unpaired) electrons. The Bertz CT molecular complexity index is 907. The highest BCUT2D eigenvalue weighted by Gasteiger charge is 2.12. The maximum atomic E-state index is 12.3. The van der Waals surface area contributed by atoms with Crippen molar-refractivity contribution in [2.24, 2.45) is 0 Å². The van der Waals surface area contributed by atoms with E-state index in [1.165, 1.54) is 18.3 Å². The zero-order valence-corrected chi connectivity index (χ0v) is 14.3. The fourth-order valence-corrected chi connectivity index (χ4v) is 2.52. The molecule has 6 nitrogen and oxygen atoms in total. The summed E-state index contributed by atoms with van der Waals surface area (Å²) in [6, 6.07) is 8.02. The molecule has 3 aromatic rings. The molecule has 2 heterocycles. The van der Waals surface area contributed by atoms with Gasteiger partial charge in [0.2, 0.25) is 0 Å². The van der Waals surface area contributed by atoms with Crippen molar-refractivity contribution in [1.29, 1.82) is 0 Å². The summed E-state index contributed by atoms with van der Waals surface area (Å²) in [4.78, 5) is 16.6. The molecule has 0 fully saturated rings. The van der Waals surface area contributed by atoms with E-state index in [0.29, 0.717) is 5.56 Å². The molecule has 0 spiro atoms. The van der Waals surface area contributed by atoms with Crippen LogP contribution in [0.2, 0.25) is 0 Å². The fraction of sp³-hybridized carbons (Fsp3) is 0.278. The van der Waals surface area contributed by atoms with E-state index >= 15 is 0 Å². The van der Waals surface area contributed by atoms with Gasteiger partial charge in [-0.05, 0) is 37.6 Å². The van der Waals surface area contributed by atoms with Gasteiger partial charge < -0.3 is 10.1 Å². The number of carbonyl (C=O) groups is 1. The van der Waals surface area contributed by atoms with Crippen LogP contribution in [-0.4, -0.2) is 27.3 Å². The monoisotopic (exact) mass is 360 g/mol. The lowest BCUT2D eigenvalue weighted by Gasteiger charge is -2.08. The maximum absolute atomic E-state index is 12.3. The maximum Gasteiger partial charge on any atom is 0.387 e. The summed E-state index contributed by atoms with van der Waals surface area (Å²) >= 11 is 0. The largest absolute Gasteiger partial charge is 0.435 e. The Morgan fingerprint density at radius 3 is 2.62 bits per heavy atom. The number of aromatic nitrogens is 3. The molecular weight excluding hydrogens is 342 g/mol. The summed E-state index contributed by atoms with van der Waals surface area (Å²) < 4.78 is 30.3. The number of alkyl halides is 2. The standard InChI is InChI=1S/C18H18F2N4O2/c1-11(2)24-16-13(10-23-24)7-14(9-21-16)17(25)22-8-12-3-5-15(6-4-12)26-18(19)20/h3-7,9-11,18H,8H2,1-2H3,(H,22,25). The van der Waals surface area contributed by atoms with E-state index < -0.39 is 6.61 Å². The van der Waals surface area contributed by atoms with Crippen molar-refractivity contribution >= 4 is 16.9 Å². The topological polar surface area (TPSA) is 69.0 Å². The van der Waals surface area contributed by atoms with E-state index in [2.05, 4.69) is 20.1 Å². The molecule has 136 valence electrons. The van der Waals surface area contributed by atoms with Crippen molar-refractivity contribution in [2.75, 3.05) is 0 Å². The van der Waals surface area contributed by atoms with E-state index in [-0.39, 0.29) is 24.2 Å². The summed E-state index contributed by atoms with van der Waals surface area (Å²) in [6.07, 6.45) is 3.19. The quantitative estimate of drug-likeness (QED) is 0.730. The SMILES string of the molecule is CC(C)n1ncc2cc(C(=O)NCc3ccc(OC(F)F)cc3)cnc21. The predicted molar refractivity (Wildman–Crippen MR) is 92.2 cm³/mol. The first kappa shape index (κ1) is 17.8. The fourth-order valence-electron chi connectivity index (χ4n) is 2.52. The molecule has 8 heteroatoms. The van der Waals surface area contributed by atoms with Crippen LogP contribution in [0.1, 0.15) is 35.8 Å². The van der Waals surface area contributed by atoms with Crippen molar-refractivity contribution in [3.63, 3.8) is 0 Å². The van der Waals surface area contributed by atoms with Crippen LogP contribution in [0.3, 0.4) is 0 Å². The Kier molecular flexibility index (Phi) is 5.11. The zero-order valence-electron chi connectivity index (χ0n) is 14.3. The van der Waals surface area contributed by atoms with Crippen molar-refractivity contribution in [3.8, 4) is 5.75 Å². The Hall–Kier alpha value is -3.03. The molecule has 1 N–H and O–H groups in total. The summed E-state index contributed by atoms with van der Waals surface area (Å²) in [5.74, 6) is -0.198. The minimum atomic E-state index is -2.86. The van der Waals surface area contributed by atoms with Crippen LogP contribution < -0.4 is 10.1 Å². The van der Waals surface area contributed by atoms with Gasteiger partial charge in [0.05, 0.1) is 11.8 Å². The number of carbonyl (C=O) groups excluding carboxylic acids is 1. The smallest absolute Gasteiger partial charge is 0.387 e. The molecule has 26 heavy (non-hydrogen) atoms. The van der Waals surface area contributed by atoms with E-state index in [1.54, 1.807) is 29.1 Å². The number of hydrogen-bond acceptors (Lipinski definition) is 4. The molecule has 0 atom stereocenters. The molecule has 3 rings (SSSR count). The first-order valence-corrected chi connectivity index (χ1v) is 8.09. The first-order chi connectivity index (χ1) is 12.4. The average molecular weight is 360 g/mol. The van der Waals surface area contributed by atoms with Crippen molar-refractivity contribution in [2.45, 2.75) is 33.0 Å². The predicted octanol–water partition coefficient (Wildman–Crippen LogP) is 3.54. The average Bonchev–Trinajstić information content (AvgIpc) is 3.03. The van der Waals surface area contributed by atoms with Gasteiger partial charge in [-0.2, -0.15) is 13.9 Å². The van der Waals surface area contributed by atoms with Gasteiger partial charge in [-0.15, -0.1) is 0 Å². The second-order valence-corrected chi connectivity index (χ2v) is 6.02. The molecule has 0 saturated heterocycles. The van der Waals surface area contributed by atoms with Gasteiger partial charge in [-0.3, -0.25) is 4.79 Å². The molecule has 0 aliphatic rings. The first-order valence-electron chi connectivity index (χ1n) is 8.09. The third kappa shape index (κ3) is 3.96. The van der Waals surface area contributed by atoms with Gasteiger partial charge in [0.15, 0.2) is 5.65 Å². The van der Waals surface area contributed by atoms with Crippen molar-refractivity contribution < 1.29 is 18.3 Å². The molecule has 0 aliphatic heterocycles. The number of rotatable bonds is 6. The van der Waals surface area contributed by atoms with Gasteiger partial charge in [0.25, 0.3) is 5.91 Å². The number of pyridine rings is 1. The van der Waals surface area contributed by atoms with E-state index in [0.717, 1.165) is 16.6 Å². The Morgan fingerprint density at radius 1 is 1.23 bits per heavy atom. The van der Waals surface area contributed by atoms with E-state index in [4.69, 9.17) is 0 Å². The van der Waals surface area contributed by atoms with Gasteiger partial charge in [0, 0.05) is 24.2 Å². The molecule has 0 bridgehead atoms. The van der Waals surface area contributed by atoms with E-state index in [1.807, 2.05) is 13.8 Å². The number of hydrogen-bond donors (Lipinski definition) is 1. The van der Waals surface area contributed by atoms with Crippen LogP contribution in [0, 0.1) is 0 Å². The number of nitrogens with zero attached hydrogens (tertiary/aromatic N) is 3. The van der Waals surface area contributed by atoms with Crippen LogP contribution in [0.4, 0.5) is 8.78 Å². The highest BCUT2D eigenvalue weighted by molar-refractivity contribution is 5.96. The van der Waals surface area contributed by atoms with Crippen molar-refractivity contribution in [3.05, 3.63) is 53.9 Å². The number of fused-ring (bicyclic) bond motifs is 1. The normalized spacial score (nSPS) is 11.3. The summed E-state index contributed by atoms with van der Waals surface area (Å²) in [7, 11) is 0. The van der Waals surface area contributed by atoms with Crippen LogP contribution in [0.15, 0.2) is 42.7 Å². The Balaban J connectivity index is 1.65. The molecular formula is C18H18F2N4O2. The second kappa shape index (κ2) is 7.47. The molecule has 0 unspecified atom stereocenters. The van der Waals surface area contributed by atoms with Crippen LogP contribution in [-0.2, 0) is 6.54 Å². The summed E-state index contributed by atoms with van der Waals surface area (Å²) in [5, 5.41) is 7.84. The Labute approximate surface area is 148 Å². The minimum Gasteiger partial charge on any atom is -0.435 e. The number of nitrogens with one attached hydrogen (secondary N) is 1. The zero-order chi connectivity index (χ0) is 18.7. The minimum absolute atomic E-state index is 0.0758. The molecule has 1 amide bonds. The summed E-state index contributed by atoms with van der Waals surface area (Å²) in [5.41, 5.74) is 1.92. The lowest BCUT2D eigenvalue weighted by atomic mass is 10.2. The van der Waals surface area contributed by atoms with Crippen molar-refractivity contribution in [1.82, 2.24) is 20.1 Å². The number of halogens is 2. The number of ether oxygens (including phenoxy) is 1. The van der Waals surface area contributed by atoms with Gasteiger partial charge >= 0.3 is 6.61 Å². The third-order valence-corrected chi connectivity index (χ3v) is 3.79. The molecule has 0 saturated carbocycles. The number of benzene rings is 1. The van der Waals surface area contributed by atoms with Crippen LogP contribution in [0.5, 0.6) is 5.75 Å².